The molecule has 2 amide bonds. The topological polar surface area (TPSA) is 71.1 Å². The number of piperidine rings is 1. The molecule has 6 heteroatoms. The van der Waals surface area contributed by atoms with Crippen LogP contribution < -0.4 is 10.6 Å². The Morgan fingerprint density at radius 3 is 3.10 bits per heavy atom. The number of aryl methyl sites for hydroxylation is 1. The van der Waals surface area contributed by atoms with Crippen LogP contribution in [0.3, 0.4) is 0 Å². The summed E-state index contributed by atoms with van der Waals surface area (Å²) in [6.07, 6.45) is 2.00. The summed E-state index contributed by atoms with van der Waals surface area (Å²) in [6.45, 7) is 2.53. The van der Waals surface area contributed by atoms with Crippen LogP contribution in [0, 0.1) is 5.92 Å². The highest BCUT2D eigenvalue weighted by Gasteiger charge is 2.25. The van der Waals surface area contributed by atoms with Gasteiger partial charge in [-0.25, -0.2) is 4.98 Å². The molecule has 1 aromatic heterocycles. The van der Waals surface area contributed by atoms with Gasteiger partial charge in [0.1, 0.15) is 0 Å². The van der Waals surface area contributed by atoms with Crippen LogP contribution in [-0.4, -0.2) is 23.3 Å². The van der Waals surface area contributed by atoms with Gasteiger partial charge in [0.05, 0.1) is 16.1 Å². The van der Waals surface area contributed by atoms with E-state index in [9.17, 15) is 9.59 Å². The van der Waals surface area contributed by atoms with Gasteiger partial charge >= 0.3 is 0 Å². The van der Waals surface area contributed by atoms with Crippen molar-refractivity contribution >= 4 is 38.5 Å². The van der Waals surface area contributed by atoms with E-state index in [0.29, 0.717) is 24.5 Å². The molecule has 2 heterocycles. The number of rotatable bonds is 3. The average Bonchev–Trinajstić information content (AvgIpc) is 2.88. The Morgan fingerprint density at radius 2 is 2.38 bits per heavy atom. The lowest BCUT2D eigenvalue weighted by Crippen LogP contribution is -2.40. The molecule has 1 saturated heterocycles. The number of carbonyl (C=O) groups excluding carboxylic acids is 2. The van der Waals surface area contributed by atoms with Crippen molar-refractivity contribution in [3.05, 3.63) is 23.8 Å². The van der Waals surface area contributed by atoms with E-state index in [2.05, 4.69) is 34.7 Å². The van der Waals surface area contributed by atoms with Crippen molar-refractivity contribution in [3.63, 3.8) is 0 Å². The quantitative estimate of drug-likeness (QED) is 0.914. The first kappa shape index (κ1) is 14.0. The van der Waals surface area contributed by atoms with Gasteiger partial charge in [-0.3, -0.25) is 9.59 Å². The lowest BCUT2D eigenvalue weighted by atomic mass is 9.98. The van der Waals surface area contributed by atoms with Crippen LogP contribution in [0.4, 0.5) is 5.13 Å². The largest absolute Gasteiger partial charge is 0.355 e. The van der Waals surface area contributed by atoms with E-state index in [0.717, 1.165) is 16.6 Å². The minimum Gasteiger partial charge on any atom is -0.355 e. The summed E-state index contributed by atoms with van der Waals surface area (Å²) in [5.41, 5.74) is 2.17. The Balaban J connectivity index is 1.72. The average molecular weight is 303 g/mol. The van der Waals surface area contributed by atoms with Crippen LogP contribution in [0.2, 0.25) is 0 Å². The molecule has 0 spiro atoms. The molecule has 0 radical (unpaired) electrons. The maximum absolute atomic E-state index is 12.2. The minimum atomic E-state index is -0.166. The summed E-state index contributed by atoms with van der Waals surface area (Å²) in [4.78, 5) is 27.7. The van der Waals surface area contributed by atoms with Gasteiger partial charge in [-0.05, 0) is 30.5 Å². The fourth-order valence-electron chi connectivity index (χ4n) is 2.41. The molecule has 110 valence electrons. The zero-order valence-corrected chi connectivity index (χ0v) is 12.6. The molecule has 5 nitrogen and oxygen atoms in total. The maximum atomic E-state index is 12.2. The lowest BCUT2D eigenvalue weighted by molar-refractivity contribution is -0.126. The molecule has 1 aliphatic rings. The van der Waals surface area contributed by atoms with E-state index >= 15 is 0 Å². The smallest absolute Gasteiger partial charge is 0.231 e. The number of anilines is 1. The molecule has 2 aromatic rings. The first-order valence-electron chi connectivity index (χ1n) is 7.12. The van der Waals surface area contributed by atoms with Crippen LogP contribution in [0.15, 0.2) is 18.2 Å². The standard InChI is InChI=1S/C15H17N3O2S/c1-2-9-3-5-11-12(7-9)21-15(17-11)18-14(20)10-4-6-13(19)16-8-10/h3,5,7,10H,2,4,6,8H2,1H3,(H,16,19)(H,17,18,20). The normalized spacial score (nSPS) is 18.5. The van der Waals surface area contributed by atoms with E-state index in [4.69, 9.17) is 0 Å². The number of hydrogen-bond acceptors (Lipinski definition) is 4. The molecular formula is C15H17N3O2S. The molecular weight excluding hydrogens is 286 g/mol. The molecule has 0 saturated carbocycles. The van der Waals surface area contributed by atoms with Crippen molar-refractivity contribution in [1.82, 2.24) is 10.3 Å². The molecule has 1 unspecified atom stereocenters. The van der Waals surface area contributed by atoms with Crippen LogP contribution in [0.5, 0.6) is 0 Å². The minimum absolute atomic E-state index is 0.0196. The summed E-state index contributed by atoms with van der Waals surface area (Å²) in [5.74, 6) is -0.211. The van der Waals surface area contributed by atoms with Gasteiger partial charge in [0.15, 0.2) is 5.13 Å². The van der Waals surface area contributed by atoms with Gasteiger partial charge in [-0.2, -0.15) is 0 Å². The van der Waals surface area contributed by atoms with Gasteiger partial charge in [0.25, 0.3) is 0 Å². The predicted molar refractivity (Wildman–Crippen MR) is 83.4 cm³/mol. The van der Waals surface area contributed by atoms with Crippen molar-refractivity contribution in [2.24, 2.45) is 5.92 Å². The van der Waals surface area contributed by atoms with Gasteiger partial charge < -0.3 is 10.6 Å². The Kier molecular flexibility index (Phi) is 3.88. The number of amides is 2. The molecule has 0 aliphatic carbocycles. The molecule has 21 heavy (non-hydrogen) atoms. The van der Waals surface area contributed by atoms with Gasteiger partial charge in [0, 0.05) is 13.0 Å². The lowest BCUT2D eigenvalue weighted by Gasteiger charge is -2.20. The Labute approximate surface area is 126 Å². The Hall–Kier alpha value is -1.95. The number of fused-ring (bicyclic) bond motifs is 1. The molecule has 0 bridgehead atoms. The van der Waals surface area contributed by atoms with E-state index < -0.39 is 0 Å². The van der Waals surface area contributed by atoms with Crippen LogP contribution in [0.25, 0.3) is 10.2 Å². The summed E-state index contributed by atoms with van der Waals surface area (Å²) in [5, 5.41) is 6.22. The number of aromatic nitrogens is 1. The van der Waals surface area contributed by atoms with E-state index in [1.54, 1.807) is 0 Å². The SMILES string of the molecule is CCc1ccc2nc(NC(=O)C3CCC(=O)NC3)sc2c1. The molecule has 1 fully saturated rings. The number of carbonyl (C=O) groups is 2. The summed E-state index contributed by atoms with van der Waals surface area (Å²) in [6, 6.07) is 6.16. The summed E-state index contributed by atoms with van der Waals surface area (Å²) < 4.78 is 1.08. The molecule has 3 rings (SSSR count). The third-order valence-corrected chi connectivity index (χ3v) is 4.66. The van der Waals surface area contributed by atoms with E-state index in [-0.39, 0.29) is 17.7 Å². The van der Waals surface area contributed by atoms with E-state index in [1.807, 2.05) is 6.07 Å². The summed E-state index contributed by atoms with van der Waals surface area (Å²) in [7, 11) is 0. The maximum Gasteiger partial charge on any atom is 0.231 e. The first-order chi connectivity index (χ1) is 10.2. The molecule has 1 aliphatic heterocycles. The zero-order chi connectivity index (χ0) is 14.8. The second-order valence-electron chi connectivity index (χ2n) is 5.20. The number of hydrogen-bond donors (Lipinski definition) is 2. The van der Waals surface area contributed by atoms with Crippen molar-refractivity contribution in [3.8, 4) is 0 Å². The Morgan fingerprint density at radius 1 is 1.52 bits per heavy atom. The molecule has 1 aromatic carbocycles. The van der Waals surface area contributed by atoms with Crippen LogP contribution in [0.1, 0.15) is 25.3 Å². The highest BCUT2D eigenvalue weighted by molar-refractivity contribution is 7.22. The zero-order valence-electron chi connectivity index (χ0n) is 11.8. The number of nitrogens with zero attached hydrogens (tertiary/aromatic N) is 1. The fourth-order valence-corrected chi connectivity index (χ4v) is 3.34. The van der Waals surface area contributed by atoms with E-state index in [1.165, 1.54) is 16.9 Å². The molecule has 2 N–H and O–H groups in total. The van der Waals surface area contributed by atoms with Crippen molar-refractivity contribution < 1.29 is 9.59 Å². The fraction of sp³-hybridized carbons (Fsp3) is 0.400. The monoisotopic (exact) mass is 303 g/mol. The van der Waals surface area contributed by atoms with Gasteiger partial charge in [-0.1, -0.05) is 24.3 Å². The second kappa shape index (κ2) is 5.81. The summed E-state index contributed by atoms with van der Waals surface area (Å²) >= 11 is 1.49. The third kappa shape index (κ3) is 3.05. The Bertz CT molecular complexity index is 685. The van der Waals surface area contributed by atoms with Gasteiger partial charge in [-0.15, -0.1) is 0 Å². The highest BCUT2D eigenvalue weighted by Crippen LogP contribution is 2.27. The first-order valence-corrected chi connectivity index (χ1v) is 7.94. The van der Waals surface area contributed by atoms with Crippen molar-refractivity contribution in [2.45, 2.75) is 26.2 Å². The van der Waals surface area contributed by atoms with Crippen molar-refractivity contribution in [1.29, 1.82) is 0 Å². The predicted octanol–water partition coefficient (Wildman–Crippen LogP) is 2.32. The number of nitrogens with one attached hydrogen (secondary N) is 2. The van der Waals surface area contributed by atoms with Crippen LogP contribution >= 0.6 is 11.3 Å². The molecule has 1 atom stereocenters. The highest BCUT2D eigenvalue weighted by atomic mass is 32.1. The third-order valence-electron chi connectivity index (χ3n) is 3.73. The second-order valence-corrected chi connectivity index (χ2v) is 6.23. The number of thiazole rings is 1. The van der Waals surface area contributed by atoms with Crippen LogP contribution in [-0.2, 0) is 16.0 Å². The van der Waals surface area contributed by atoms with Gasteiger partial charge in [0.2, 0.25) is 11.8 Å². The van der Waals surface area contributed by atoms with Crippen molar-refractivity contribution in [2.75, 3.05) is 11.9 Å². The number of benzene rings is 1.